The first-order chi connectivity index (χ1) is 12.0. The van der Waals surface area contributed by atoms with Gasteiger partial charge in [0, 0.05) is 4.88 Å². The summed E-state index contributed by atoms with van der Waals surface area (Å²) in [5.41, 5.74) is -0.0652. The van der Waals surface area contributed by atoms with Gasteiger partial charge in [-0.3, -0.25) is 14.5 Å². The van der Waals surface area contributed by atoms with E-state index in [2.05, 4.69) is 28.7 Å². The molecule has 3 heterocycles. The fourth-order valence-electron chi connectivity index (χ4n) is 3.15. The van der Waals surface area contributed by atoms with Gasteiger partial charge in [0.05, 0.1) is 24.5 Å². The van der Waals surface area contributed by atoms with E-state index < -0.39 is 0 Å². The van der Waals surface area contributed by atoms with Gasteiger partial charge in [-0.05, 0) is 44.8 Å². The highest BCUT2D eigenvalue weighted by atomic mass is 32.1. The van der Waals surface area contributed by atoms with Crippen LogP contribution in [0.2, 0.25) is 0 Å². The summed E-state index contributed by atoms with van der Waals surface area (Å²) < 4.78 is 5.10. The third-order valence-corrected chi connectivity index (χ3v) is 5.95. The highest BCUT2D eigenvalue weighted by Crippen LogP contribution is 2.27. The Morgan fingerprint density at radius 2 is 2.16 bits per heavy atom. The molecule has 0 atom stereocenters. The molecule has 1 aliphatic rings. The van der Waals surface area contributed by atoms with Gasteiger partial charge in [-0.15, -0.1) is 11.3 Å². The van der Waals surface area contributed by atoms with Gasteiger partial charge in [0.1, 0.15) is 10.7 Å². The van der Waals surface area contributed by atoms with Crippen LogP contribution in [0.4, 0.5) is 0 Å². The second kappa shape index (κ2) is 7.66. The van der Waals surface area contributed by atoms with Crippen molar-refractivity contribution < 1.29 is 9.53 Å². The van der Waals surface area contributed by atoms with Crippen LogP contribution in [-0.4, -0.2) is 40.5 Å². The minimum Gasteiger partial charge on any atom is -0.466 e. The Balaban J connectivity index is 1.68. The van der Waals surface area contributed by atoms with Gasteiger partial charge in [0.2, 0.25) is 0 Å². The number of H-pyrrole nitrogens is 1. The van der Waals surface area contributed by atoms with Crippen LogP contribution >= 0.6 is 11.3 Å². The minimum absolute atomic E-state index is 0.00316. The molecule has 1 aliphatic heterocycles. The van der Waals surface area contributed by atoms with Crippen LogP contribution < -0.4 is 5.56 Å². The lowest BCUT2D eigenvalue weighted by Gasteiger charge is -2.30. The van der Waals surface area contributed by atoms with Crippen molar-refractivity contribution in [3.63, 3.8) is 0 Å². The first-order valence-electron chi connectivity index (χ1n) is 8.89. The summed E-state index contributed by atoms with van der Waals surface area (Å²) in [7, 11) is 0. The van der Waals surface area contributed by atoms with Crippen LogP contribution in [0.5, 0.6) is 0 Å². The molecule has 0 aliphatic carbocycles. The van der Waals surface area contributed by atoms with Crippen molar-refractivity contribution in [2.75, 3.05) is 19.7 Å². The molecule has 0 radical (unpaired) electrons. The molecule has 2 aromatic rings. The molecule has 1 N–H and O–H groups in total. The molecule has 0 bridgehead atoms. The van der Waals surface area contributed by atoms with Crippen molar-refractivity contribution in [1.82, 2.24) is 14.9 Å². The molecule has 1 fully saturated rings. The highest BCUT2D eigenvalue weighted by molar-refractivity contribution is 7.18. The summed E-state index contributed by atoms with van der Waals surface area (Å²) in [4.78, 5) is 35.9. The summed E-state index contributed by atoms with van der Waals surface area (Å²) in [5, 5.41) is 0.679. The van der Waals surface area contributed by atoms with Crippen LogP contribution in [0.25, 0.3) is 10.2 Å². The lowest BCUT2D eigenvalue weighted by Crippen LogP contribution is -2.37. The maximum atomic E-state index is 12.3. The largest absolute Gasteiger partial charge is 0.466 e. The predicted molar refractivity (Wildman–Crippen MR) is 99.0 cm³/mol. The van der Waals surface area contributed by atoms with Crippen LogP contribution in [-0.2, 0) is 16.1 Å². The minimum atomic E-state index is -0.0881. The number of carbonyl (C=O) groups is 1. The zero-order chi connectivity index (χ0) is 18.0. The Hall–Kier alpha value is -1.73. The molecule has 6 nitrogen and oxygen atoms in total. The van der Waals surface area contributed by atoms with Crippen LogP contribution in [0.15, 0.2) is 10.9 Å². The summed E-state index contributed by atoms with van der Waals surface area (Å²) in [6.45, 7) is 8.74. The number of piperidine rings is 1. The summed E-state index contributed by atoms with van der Waals surface area (Å²) in [6, 6.07) is 1.95. The van der Waals surface area contributed by atoms with Gasteiger partial charge >= 0.3 is 5.97 Å². The summed E-state index contributed by atoms with van der Waals surface area (Å²) >= 11 is 1.59. The molecular formula is C18H25N3O3S. The Kier molecular flexibility index (Phi) is 5.54. The Morgan fingerprint density at radius 3 is 2.80 bits per heavy atom. The van der Waals surface area contributed by atoms with Gasteiger partial charge in [-0.2, -0.15) is 0 Å². The van der Waals surface area contributed by atoms with Gasteiger partial charge in [0.25, 0.3) is 5.56 Å². The van der Waals surface area contributed by atoms with Crippen LogP contribution in [0.1, 0.15) is 50.2 Å². The molecule has 2 aromatic heterocycles. The van der Waals surface area contributed by atoms with E-state index in [1.807, 2.05) is 13.0 Å². The number of carbonyl (C=O) groups excluding carboxylic acids is 1. The second-order valence-electron chi connectivity index (χ2n) is 6.84. The summed E-state index contributed by atoms with van der Waals surface area (Å²) in [5.74, 6) is 1.000. The second-order valence-corrected chi connectivity index (χ2v) is 7.90. The molecule has 3 rings (SSSR count). The lowest BCUT2D eigenvalue weighted by atomic mass is 9.97. The van der Waals surface area contributed by atoms with E-state index in [9.17, 15) is 9.59 Å². The number of thiophene rings is 1. The molecule has 0 unspecified atom stereocenters. The van der Waals surface area contributed by atoms with E-state index in [0.717, 1.165) is 30.8 Å². The highest BCUT2D eigenvalue weighted by Gasteiger charge is 2.26. The number of hydrogen-bond acceptors (Lipinski definition) is 6. The number of ether oxygens (including phenoxy) is 1. The van der Waals surface area contributed by atoms with Gasteiger partial charge in [-0.1, -0.05) is 13.8 Å². The first-order valence-corrected chi connectivity index (χ1v) is 9.71. The number of nitrogens with one attached hydrogen (secondary N) is 1. The Labute approximate surface area is 151 Å². The fourth-order valence-corrected chi connectivity index (χ4v) is 4.21. The predicted octanol–water partition coefficient (Wildman–Crippen LogP) is 2.88. The number of rotatable bonds is 5. The Morgan fingerprint density at radius 1 is 1.44 bits per heavy atom. The summed E-state index contributed by atoms with van der Waals surface area (Å²) in [6.07, 6.45) is 1.59. The number of fused-ring (bicyclic) bond motifs is 1. The maximum Gasteiger partial charge on any atom is 0.309 e. The van der Waals surface area contributed by atoms with E-state index in [4.69, 9.17) is 4.74 Å². The molecule has 0 spiro atoms. The SMILES string of the molecule is CCOC(=O)C1CCN(Cc2nc3sc(C(C)C)cc3c(=O)[nH]2)CC1. The normalized spacial score (nSPS) is 16.6. The average molecular weight is 363 g/mol. The van der Waals surface area contributed by atoms with Crippen LogP contribution in [0.3, 0.4) is 0 Å². The van der Waals surface area contributed by atoms with E-state index in [1.165, 1.54) is 4.88 Å². The smallest absolute Gasteiger partial charge is 0.309 e. The standard InChI is InChI=1S/C18H25N3O3S/c1-4-24-18(23)12-5-7-21(8-6-12)10-15-19-16(22)13-9-14(11(2)3)25-17(13)20-15/h9,11-12H,4-8,10H2,1-3H3,(H,19,20,22). The van der Waals surface area contributed by atoms with E-state index >= 15 is 0 Å². The molecule has 25 heavy (non-hydrogen) atoms. The van der Waals surface area contributed by atoms with Crippen LogP contribution in [0, 0.1) is 5.92 Å². The molecular weight excluding hydrogens is 338 g/mol. The molecule has 136 valence electrons. The monoisotopic (exact) mass is 363 g/mol. The molecule has 7 heteroatoms. The zero-order valence-electron chi connectivity index (χ0n) is 15.0. The lowest BCUT2D eigenvalue weighted by molar-refractivity contribution is -0.149. The molecule has 1 saturated heterocycles. The van der Waals surface area contributed by atoms with Gasteiger partial charge in [-0.25, -0.2) is 4.98 Å². The molecule has 0 saturated carbocycles. The number of aromatic nitrogens is 2. The van der Waals surface area contributed by atoms with E-state index in [0.29, 0.717) is 30.3 Å². The fraction of sp³-hybridized carbons (Fsp3) is 0.611. The average Bonchev–Trinajstić information content (AvgIpc) is 3.01. The van der Waals surface area contributed by atoms with Crippen molar-refractivity contribution in [3.05, 3.63) is 27.1 Å². The van der Waals surface area contributed by atoms with Crippen molar-refractivity contribution >= 4 is 27.5 Å². The van der Waals surface area contributed by atoms with Crippen molar-refractivity contribution in [3.8, 4) is 0 Å². The molecule has 0 aromatic carbocycles. The Bertz CT molecular complexity index is 803. The number of nitrogens with zero attached hydrogens (tertiary/aromatic N) is 2. The van der Waals surface area contributed by atoms with Crippen molar-refractivity contribution in [2.24, 2.45) is 5.92 Å². The number of hydrogen-bond donors (Lipinski definition) is 1. The topological polar surface area (TPSA) is 75.3 Å². The third-order valence-electron chi connectivity index (χ3n) is 4.62. The third kappa shape index (κ3) is 4.10. The van der Waals surface area contributed by atoms with Gasteiger partial charge < -0.3 is 9.72 Å². The van der Waals surface area contributed by atoms with Crippen molar-refractivity contribution in [2.45, 2.75) is 46.1 Å². The van der Waals surface area contributed by atoms with E-state index in [-0.39, 0.29) is 17.4 Å². The maximum absolute atomic E-state index is 12.3. The first kappa shape index (κ1) is 18.1. The van der Waals surface area contributed by atoms with E-state index in [1.54, 1.807) is 11.3 Å². The number of aromatic amines is 1. The number of esters is 1. The number of likely N-dealkylation sites (tertiary alicyclic amines) is 1. The zero-order valence-corrected chi connectivity index (χ0v) is 15.8. The molecule has 0 amide bonds. The van der Waals surface area contributed by atoms with Crippen molar-refractivity contribution in [1.29, 1.82) is 0 Å². The van der Waals surface area contributed by atoms with Gasteiger partial charge in [0.15, 0.2) is 0 Å². The quantitative estimate of drug-likeness (QED) is 0.827.